The third-order valence-electron chi connectivity index (χ3n) is 1.97. The van der Waals surface area contributed by atoms with Crippen molar-refractivity contribution in [1.82, 2.24) is 5.32 Å². The van der Waals surface area contributed by atoms with Crippen molar-refractivity contribution in [1.29, 1.82) is 0 Å². The molecule has 1 rings (SSSR count). The van der Waals surface area contributed by atoms with E-state index in [1.807, 2.05) is 6.92 Å². The van der Waals surface area contributed by atoms with Crippen molar-refractivity contribution in [2.24, 2.45) is 0 Å². The van der Waals surface area contributed by atoms with Crippen LogP contribution >= 0.6 is 11.3 Å². The minimum atomic E-state index is -1.07. The third kappa shape index (κ3) is 2.73. The number of carboxylic acids is 1. The van der Waals surface area contributed by atoms with Crippen LogP contribution in [0.3, 0.4) is 0 Å². The lowest BCUT2D eigenvalue weighted by Gasteiger charge is -2.08. The molecule has 0 spiro atoms. The molecule has 0 aliphatic rings. The van der Waals surface area contributed by atoms with Gasteiger partial charge in [-0.2, -0.15) is 0 Å². The number of carbonyl (C=O) groups is 2. The molecule has 0 aliphatic carbocycles. The van der Waals surface area contributed by atoms with E-state index >= 15 is 0 Å². The van der Waals surface area contributed by atoms with Crippen molar-refractivity contribution in [2.75, 3.05) is 7.11 Å². The fourth-order valence-electron chi connectivity index (χ4n) is 1.12. The molecule has 0 unspecified atom stereocenters. The van der Waals surface area contributed by atoms with Gasteiger partial charge in [0.2, 0.25) is 0 Å². The van der Waals surface area contributed by atoms with Crippen LogP contribution in [0.25, 0.3) is 0 Å². The van der Waals surface area contributed by atoms with Gasteiger partial charge in [-0.15, -0.1) is 11.3 Å². The highest BCUT2D eigenvalue weighted by atomic mass is 32.1. The Morgan fingerprint density at radius 3 is 2.69 bits per heavy atom. The number of rotatable bonds is 4. The maximum atomic E-state index is 11.7. The lowest BCUT2D eigenvalue weighted by atomic mass is 10.3. The maximum Gasteiger partial charge on any atom is 0.325 e. The average Bonchev–Trinajstić information content (AvgIpc) is 2.59. The number of nitrogens with one attached hydrogen (secondary N) is 1. The minimum Gasteiger partial charge on any atom is -0.495 e. The van der Waals surface area contributed by atoms with Crippen LogP contribution in [0.5, 0.6) is 5.75 Å². The van der Waals surface area contributed by atoms with Gasteiger partial charge in [-0.05, 0) is 19.9 Å². The van der Waals surface area contributed by atoms with Gasteiger partial charge in [0.05, 0.1) is 7.11 Å². The highest BCUT2D eigenvalue weighted by Crippen LogP contribution is 2.28. The molecule has 16 heavy (non-hydrogen) atoms. The van der Waals surface area contributed by atoms with Crippen molar-refractivity contribution >= 4 is 23.2 Å². The van der Waals surface area contributed by atoms with Gasteiger partial charge in [-0.25, -0.2) is 0 Å². The first-order valence-electron chi connectivity index (χ1n) is 4.63. The summed E-state index contributed by atoms with van der Waals surface area (Å²) in [5, 5.41) is 11.0. The summed E-state index contributed by atoms with van der Waals surface area (Å²) < 4.78 is 5.03. The Hall–Kier alpha value is -1.56. The van der Waals surface area contributed by atoms with Crippen LogP contribution < -0.4 is 10.1 Å². The first-order chi connectivity index (χ1) is 7.45. The van der Waals surface area contributed by atoms with Crippen LogP contribution in [0.4, 0.5) is 0 Å². The summed E-state index contributed by atoms with van der Waals surface area (Å²) in [6.45, 7) is 3.26. The van der Waals surface area contributed by atoms with Crippen LogP contribution in [0.1, 0.15) is 21.5 Å². The third-order valence-corrected chi connectivity index (χ3v) is 3.00. The number of ether oxygens (including phenoxy) is 1. The number of amides is 1. The van der Waals surface area contributed by atoms with Crippen LogP contribution in [0.2, 0.25) is 0 Å². The molecule has 6 heteroatoms. The van der Waals surface area contributed by atoms with Crippen LogP contribution in [0, 0.1) is 6.92 Å². The van der Waals surface area contributed by atoms with Crippen LogP contribution in [-0.2, 0) is 4.79 Å². The molecule has 5 nitrogen and oxygen atoms in total. The highest BCUT2D eigenvalue weighted by molar-refractivity contribution is 7.14. The zero-order chi connectivity index (χ0) is 12.3. The zero-order valence-electron chi connectivity index (χ0n) is 9.23. The number of carboxylic acid groups (broad SMARTS) is 1. The average molecular weight is 243 g/mol. The lowest BCUT2D eigenvalue weighted by Crippen LogP contribution is -2.38. The lowest BCUT2D eigenvalue weighted by molar-refractivity contribution is -0.138. The van der Waals surface area contributed by atoms with Gasteiger partial charge < -0.3 is 15.2 Å². The summed E-state index contributed by atoms with van der Waals surface area (Å²) in [5.41, 5.74) is 0. The molecule has 2 N–H and O–H groups in total. The fraction of sp³-hybridized carbons (Fsp3) is 0.400. The zero-order valence-corrected chi connectivity index (χ0v) is 10.1. The Bertz CT molecular complexity index is 413. The highest BCUT2D eigenvalue weighted by Gasteiger charge is 2.20. The monoisotopic (exact) mass is 243 g/mol. The number of hydrogen-bond acceptors (Lipinski definition) is 4. The summed E-state index contributed by atoms with van der Waals surface area (Å²) >= 11 is 1.27. The van der Waals surface area contributed by atoms with E-state index in [4.69, 9.17) is 9.84 Å². The molecule has 1 atom stereocenters. The molecule has 1 aromatic rings. The van der Waals surface area contributed by atoms with E-state index in [9.17, 15) is 9.59 Å². The number of methoxy groups -OCH3 is 1. The molecule has 0 saturated carbocycles. The van der Waals surface area contributed by atoms with Crippen molar-refractivity contribution in [3.05, 3.63) is 15.8 Å². The molecule has 0 bridgehead atoms. The van der Waals surface area contributed by atoms with Gasteiger partial charge in [-0.1, -0.05) is 0 Å². The van der Waals surface area contributed by atoms with Gasteiger partial charge in [0.25, 0.3) is 5.91 Å². The smallest absolute Gasteiger partial charge is 0.325 e. The molecule has 1 aromatic heterocycles. The van der Waals surface area contributed by atoms with E-state index in [1.165, 1.54) is 25.4 Å². The van der Waals surface area contributed by atoms with E-state index < -0.39 is 17.9 Å². The molecule has 88 valence electrons. The molecular formula is C10H13NO4S. The predicted molar refractivity (Wildman–Crippen MR) is 60.2 cm³/mol. The Balaban J connectivity index is 2.84. The van der Waals surface area contributed by atoms with Crippen molar-refractivity contribution < 1.29 is 19.4 Å². The van der Waals surface area contributed by atoms with E-state index in [0.717, 1.165) is 4.88 Å². The van der Waals surface area contributed by atoms with E-state index in [2.05, 4.69) is 5.32 Å². The van der Waals surface area contributed by atoms with Crippen molar-refractivity contribution in [3.63, 3.8) is 0 Å². The fourth-order valence-corrected chi connectivity index (χ4v) is 2.01. The maximum absolute atomic E-state index is 11.7. The summed E-state index contributed by atoms with van der Waals surface area (Å²) in [5.74, 6) is -1.02. The van der Waals surface area contributed by atoms with Crippen molar-refractivity contribution in [2.45, 2.75) is 19.9 Å². The minimum absolute atomic E-state index is 0.396. The first-order valence-corrected chi connectivity index (χ1v) is 5.45. The second-order valence-electron chi connectivity index (χ2n) is 3.29. The number of aliphatic carboxylic acids is 1. The second kappa shape index (κ2) is 4.98. The van der Waals surface area contributed by atoms with Gasteiger partial charge in [-0.3, -0.25) is 9.59 Å². The number of aryl methyl sites for hydroxylation is 1. The van der Waals surface area contributed by atoms with E-state index in [-0.39, 0.29) is 0 Å². The van der Waals surface area contributed by atoms with Crippen molar-refractivity contribution in [3.8, 4) is 5.75 Å². The number of thiophene rings is 1. The van der Waals surface area contributed by atoms with Gasteiger partial charge in [0.15, 0.2) is 0 Å². The normalized spacial score (nSPS) is 11.9. The second-order valence-corrected chi connectivity index (χ2v) is 4.54. The topological polar surface area (TPSA) is 75.6 Å². The molecule has 0 fully saturated rings. The van der Waals surface area contributed by atoms with Crippen LogP contribution in [-0.4, -0.2) is 30.1 Å². The summed E-state index contributed by atoms with van der Waals surface area (Å²) in [6, 6.07) is 0.824. The van der Waals surface area contributed by atoms with Gasteiger partial charge in [0, 0.05) is 4.88 Å². The van der Waals surface area contributed by atoms with E-state index in [1.54, 1.807) is 6.07 Å². The SMILES string of the molecule is COc1cc(C)sc1C(=O)N[C@H](C)C(=O)O. The van der Waals surface area contributed by atoms with E-state index in [0.29, 0.717) is 10.6 Å². The number of carbonyl (C=O) groups excluding carboxylic acids is 1. The predicted octanol–water partition coefficient (Wildman–Crippen LogP) is 1.27. The quantitative estimate of drug-likeness (QED) is 0.835. The molecule has 0 aromatic carbocycles. The molecule has 1 heterocycles. The summed E-state index contributed by atoms with van der Waals surface area (Å²) in [4.78, 5) is 23.6. The Kier molecular flexibility index (Phi) is 3.89. The standard InChI is InChI=1S/C10H13NO4S/c1-5-4-7(15-3)8(16-5)9(12)11-6(2)10(13)14/h4,6H,1-3H3,(H,11,12)(H,13,14)/t6-/m1/s1. The summed E-state index contributed by atoms with van der Waals surface area (Å²) in [7, 11) is 1.47. The Morgan fingerprint density at radius 2 is 2.19 bits per heavy atom. The Labute approximate surface area is 97.0 Å². The van der Waals surface area contributed by atoms with Gasteiger partial charge in [0.1, 0.15) is 16.7 Å². The molecular weight excluding hydrogens is 230 g/mol. The largest absolute Gasteiger partial charge is 0.495 e. The molecule has 0 radical (unpaired) electrons. The first kappa shape index (κ1) is 12.5. The number of hydrogen-bond donors (Lipinski definition) is 2. The van der Waals surface area contributed by atoms with Crippen LogP contribution in [0.15, 0.2) is 6.07 Å². The molecule has 0 saturated heterocycles. The Morgan fingerprint density at radius 1 is 1.56 bits per heavy atom. The molecule has 1 amide bonds. The van der Waals surface area contributed by atoms with Gasteiger partial charge >= 0.3 is 5.97 Å². The summed E-state index contributed by atoms with van der Waals surface area (Å²) in [6.07, 6.45) is 0. The molecule has 0 aliphatic heterocycles.